The number of amides is 1. The van der Waals surface area contributed by atoms with Gasteiger partial charge in [0.15, 0.2) is 5.82 Å². The van der Waals surface area contributed by atoms with Gasteiger partial charge in [0.25, 0.3) is 0 Å². The van der Waals surface area contributed by atoms with E-state index in [-0.39, 0.29) is 36.2 Å². The molecule has 0 unspecified atom stereocenters. The van der Waals surface area contributed by atoms with Crippen molar-refractivity contribution in [3.05, 3.63) is 54.0 Å². The maximum Gasteiger partial charge on any atom is 0.319 e. The molecule has 0 radical (unpaired) electrons. The van der Waals surface area contributed by atoms with Crippen molar-refractivity contribution >= 4 is 22.6 Å². The molecule has 5 atom stereocenters. The van der Waals surface area contributed by atoms with Crippen LogP contribution >= 0.6 is 0 Å². The van der Waals surface area contributed by atoms with Crippen molar-refractivity contribution in [2.45, 2.75) is 62.2 Å². The third-order valence-electron chi connectivity index (χ3n) is 10.7. The standard InChI is InChI=1S/C34H35F2N7O2/c1-2-28(44)43-12-11-41(18-22(43)7-9-37)32-27-16-38-30(24-6-3-5-23-25-13-20(25)14-26(23)24)29(36)31(27)39-33(40-32)45-19-34-8-4-10-42(34)17-21(35)15-34/h2-3,5-6,16,20-22,25H,1,4,7-8,10-15,17-19H2/t20-,21+,22-,25-,34-/m0/s1. The highest BCUT2D eigenvalue weighted by Gasteiger charge is 2.49. The van der Waals surface area contributed by atoms with E-state index in [2.05, 4.69) is 33.6 Å². The number of hydrogen-bond acceptors (Lipinski definition) is 8. The Balaban J connectivity index is 1.20. The second kappa shape index (κ2) is 10.7. The Morgan fingerprint density at radius 3 is 2.98 bits per heavy atom. The molecule has 1 amide bonds. The highest BCUT2D eigenvalue weighted by atomic mass is 19.1. The van der Waals surface area contributed by atoms with Gasteiger partial charge in [-0.05, 0) is 61.3 Å². The van der Waals surface area contributed by atoms with Crippen LogP contribution in [0.1, 0.15) is 49.1 Å². The summed E-state index contributed by atoms with van der Waals surface area (Å²) in [5.41, 5.74) is 3.21. The Kier molecular flexibility index (Phi) is 6.75. The van der Waals surface area contributed by atoms with Gasteiger partial charge >= 0.3 is 6.01 Å². The molecule has 9 nitrogen and oxygen atoms in total. The topological polar surface area (TPSA) is 98.5 Å². The van der Waals surface area contributed by atoms with Crippen molar-refractivity contribution in [1.82, 2.24) is 24.8 Å². The molecule has 0 bridgehead atoms. The van der Waals surface area contributed by atoms with Crippen molar-refractivity contribution in [2.75, 3.05) is 44.2 Å². The summed E-state index contributed by atoms with van der Waals surface area (Å²) in [6.07, 6.45) is 6.43. The first-order chi connectivity index (χ1) is 21.9. The molecule has 8 rings (SSSR count). The second-order valence-corrected chi connectivity index (χ2v) is 13.3. The second-order valence-electron chi connectivity index (χ2n) is 13.3. The molecule has 2 aliphatic carbocycles. The van der Waals surface area contributed by atoms with E-state index in [0.717, 1.165) is 31.4 Å². The Hall–Kier alpha value is -4.17. The number of pyridine rings is 1. The van der Waals surface area contributed by atoms with Crippen molar-refractivity contribution in [1.29, 1.82) is 5.26 Å². The number of carbonyl (C=O) groups excluding carboxylic acids is 1. The van der Waals surface area contributed by atoms with Gasteiger partial charge in [0.1, 0.15) is 29.8 Å². The van der Waals surface area contributed by atoms with Crippen LogP contribution in [0, 0.1) is 23.1 Å². The lowest BCUT2D eigenvalue weighted by Crippen LogP contribution is -2.55. The summed E-state index contributed by atoms with van der Waals surface area (Å²) in [6.45, 7) is 6.12. The van der Waals surface area contributed by atoms with E-state index in [1.807, 2.05) is 17.0 Å². The molecular formula is C34H35F2N7O2. The molecule has 0 spiro atoms. The monoisotopic (exact) mass is 611 g/mol. The molecule has 5 aliphatic rings. The minimum absolute atomic E-state index is 0.0260. The molecule has 2 aromatic heterocycles. The molecule has 11 heteroatoms. The van der Waals surface area contributed by atoms with Crippen LogP contribution < -0.4 is 9.64 Å². The van der Waals surface area contributed by atoms with Gasteiger partial charge in [0.2, 0.25) is 5.91 Å². The summed E-state index contributed by atoms with van der Waals surface area (Å²) in [6, 6.07) is 7.87. The maximum absolute atomic E-state index is 16.7. The molecule has 232 valence electrons. The molecule has 3 aliphatic heterocycles. The smallest absolute Gasteiger partial charge is 0.319 e. The van der Waals surface area contributed by atoms with Gasteiger partial charge in [-0.2, -0.15) is 15.2 Å². The zero-order valence-electron chi connectivity index (χ0n) is 25.1. The van der Waals surface area contributed by atoms with Gasteiger partial charge in [-0.1, -0.05) is 24.8 Å². The van der Waals surface area contributed by atoms with Gasteiger partial charge in [-0.15, -0.1) is 0 Å². The normalized spacial score (nSPS) is 28.5. The first-order valence-corrected chi connectivity index (χ1v) is 15.9. The van der Waals surface area contributed by atoms with E-state index in [1.54, 1.807) is 11.1 Å². The number of anilines is 1. The number of ether oxygens (including phenoxy) is 1. The van der Waals surface area contributed by atoms with E-state index in [9.17, 15) is 14.4 Å². The number of rotatable bonds is 7. The minimum Gasteiger partial charge on any atom is -0.461 e. The van der Waals surface area contributed by atoms with Gasteiger partial charge in [-0.3, -0.25) is 14.7 Å². The molecule has 0 N–H and O–H groups in total. The first-order valence-electron chi connectivity index (χ1n) is 15.9. The third kappa shape index (κ3) is 4.64. The lowest BCUT2D eigenvalue weighted by atomic mass is 9.95. The largest absolute Gasteiger partial charge is 0.461 e. The Morgan fingerprint density at radius 2 is 2.13 bits per heavy atom. The molecule has 45 heavy (non-hydrogen) atoms. The lowest BCUT2D eigenvalue weighted by Gasteiger charge is -2.41. The van der Waals surface area contributed by atoms with E-state index in [4.69, 9.17) is 9.72 Å². The number of piperazine rings is 1. The summed E-state index contributed by atoms with van der Waals surface area (Å²) in [4.78, 5) is 32.4. The van der Waals surface area contributed by atoms with E-state index in [1.165, 1.54) is 23.6 Å². The van der Waals surface area contributed by atoms with Crippen molar-refractivity contribution in [3.63, 3.8) is 0 Å². The number of alkyl halides is 1. The van der Waals surface area contributed by atoms with E-state index >= 15 is 4.39 Å². The number of nitrogens with zero attached hydrogens (tertiary/aromatic N) is 7. The summed E-state index contributed by atoms with van der Waals surface area (Å²) in [5.74, 6) is 0.881. The fraction of sp³-hybridized carbons (Fsp3) is 0.500. The Bertz CT molecular complexity index is 1760. The van der Waals surface area contributed by atoms with Crippen LogP contribution in [0.4, 0.5) is 14.6 Å². The molecule has 3 aromatic rings. The number of fused-ring (bicyclic) bond motifs is 5. The number of benzene rings is 1. The highest BCUT2D eigenvalue weighted by Crippen LogP contribution is 2.57. The van der Waals surface area contributed by atoms with Crippen LogP contribution in [0.3, 0.4) is 0 Å². The lowest BCUT2D eigenvalue weighted by molar-refractivity contribution is -0.128. The molecule has 1 aromatic carbocycles. The van der Waals surface area contributed by atoms with Crippen LogP contribution in [0.25, 0.3) is 22.2 Å². The Morgan fingerprint density at radius 1 is 1.24 bits per heavy atom. The maximum atomic E-state index is 16.7. The van der Waals surface area contributed by atoms with Gasteiger partial charge in [-0.25, -0.2) is 8.78 Å². The summed E-state index contributed by atoms with van der Waals surface area (Å²) >= 11 is 0. The van der Waals surface area contributed by atoms with E-state index in [0.29, 0.717) is 55.6 Å². The summed E-state index contributed by atoms with van der Waals surface area (Å²) in [7, 11) is 0. The molecule has 4 fully saturated rings. The number of halogens is 2. The average molecular weight is 612 g/mol. The van der Waals surface area contributed by atoms with Crippen molar-refractivity contribution < 1.29 is 18.3 Å². The summed E-state index contributed by atoms with van der Waals surface area (Å²) in [5, 5.41) is 9.96. The average Bonchev–Trinajstić information content (AvgIpc) is 3.39. The molecule has 3 saturated heterocycles. The zero-order chi connectivity index (χ0) is 30.9. The first kappa shape index (κ1) is 28.3. The number of aromatic nitrogens is 3. The molecule has 1 saturated carbocycles. The summed E-state index contributed by atoms with van der Waals surface area (Å²) < 4.78 is 37.4. The number of carbonyl (C=O) groups is 1. The van der Waals surface area contributed by atoms with Crippen molar-refractivity contribution in [3.8, 4) is 23.3 Å². The van der Waals surface area contributed by atoms with Gasteiger partial charge in [0, 0.05) is 44.4 Å². The van der Waals surface area contributed by atoms with Crippen LogP contribution in [-0.4, -0.2) is 87.7 Å². The van der Waals surface area contributed by atoms with Crippen LogP contribution in [-0.2, 0) is 11.2 Å². The van der Waals surface area contributed by atoms with Crippen LogP contribution in [0.5, 0.6) is 6.01 Å². The zero-order valence-corrected chi connectivity index (χ0v) is 25.1. The predicted molar refractivity (Wildman–Crippen MR) is 164 cm³/mol. The van der Waals surface area contributed by atoms with E-state index < -0.39 is 23.6 Å². The highest BCUT2D eigenvalue weighted by molar-refractivity contribution is 5.93. The fourth-order valence-corrected chi connectivity index (χ4v) is 8.42. The fourth-order valence-electron chi connectivity index (χ4n) is 8.42. The molecular weight excluding hydrogens is 576 g/mol. The van der Waals surface area contributed by atoms with Gasteiger partial charge < -0.3 is 14.5 Å². The third-order valence-corrected chi connectivity index (χ3v) is 10.7. The Labute approximate surface area is 260 Å². The van der Waals surface area contributed by atoms with Crippen LogP contribution in [0.15, 0.2) is 37.1 Å². The van der Waals surface area contributed by atoms with Crippen LogP contribution in [0.2, 0.25) is 0 Å². The molecule has 5 heterocycles. The van der Waals surface area contributed by atoms with Crippen molar-refractivity contribution in [2.24, 2.45) is 5.92 Å². The SMILES string of the molecule is C=CC(=O)N1CCN(c2nc(OC[C@@]34CCCN3C[C@H](F)C4)nc3c(F)c(-c4cccc5c4C[C@@H]4C[C@H]54)ncc23)C[C@@H]1CC#N. The number of hydrogen-bond donors (Lipinski definition) is 0. The number of nitriles is 1. The van der Waals surface area contributed by atoms with Gasteiger partial charge in [0.05, 0.1) is 29.5 Å². The quantitative estimate of drug-likeness (QED) is 0.359. The predicted octanol–water partition coefficient (Wildman–Crippen LogP) is 4.56. The minimum atomic E-state index is -0.904.